The van der Waals surface area contributed by atoms with Crippen LogP contribution in [-0.2, 0) is 16.0 Å². The van der Waals surface area contributed by atoms with Gasteiger partial charge in [-0.25, -0.2) is 0 Å². The second-order valence-electron chi connectivity index (χ2n) is 4.65. The lowest BCUT2D eigenvalue weighted by atomic mass is 10.1. The van der Waals surface area contributed by atoms with E-state index in [1.807, 2.05) is 24.0 Å². The van der Waals surface area contributed by atoms with E-state index in [9.17, 15) is 4.79 Å². The third-order valence-electron chi connectivity index (χ3n) is 3.11. The molecule has 0 aliphatic carbocycles. The number of rotatable bonds is 3. The van der Waals surface area contributed by atoms with Gasteiger partial charge in [0.2, 0.25) is 5.91 Å². The molecule has 0 aromatic carbocycles. The first-order valence-electron chi connectivity index (χ1n) is 6.20. The number of hydrogen-bond acceptors (Lipinski definition) is 4. The highest BCUT2D eigenvalue weighted by Gasteiger charge is 2.26. The number of hydrogen-bond donors (Lipinski definition) is 1. The van der Waals surface area contributed by atoms with Crippen molar-refractivity contribution in [2.24, 2.45) is 5.73 Å². The van der Waals surface area contributed by atoms with Crippen LogP contribution in [0.3, 0.4) is 0 Å². The van der Waals surface area contributed by atoms with Crippen LogP contribution in [0.4, 0.5) is 0 Å². The third kappa shape index (κ3) is 3.27. The molecule has 2 N–H and O–H groups in total. The van der Waals surface area contributed by atoms with Gasteiger partial charge < -0.3 is 15.4 Å². The van der Waals surface area contributed by atoms with Crippen LogP contribution in [0.5, 0.6) is 0 Å². The molecule has 2 unspecified atom stereocenters. The maximum atomic E-state index is 12.1. The van der Waals surface area contributed by atoms with Crippen molar-refractivity contribution < 1.29 is 9.53 Å². The molecule has 1 saturated heterocycles. The van der Waals surface area contributed by atoms with Crippen LogP contribution in [0.1, 0.15) is 12.5 Å². The summed E-state index contributed by atoms with van der Waals surface area (Å²) in [6, 6.07) is 3.69. The highest BCUT2D eigenvalue weighted by molar-refractivity contribution is 5.78. The van der Waals surface area contributed by atoms with E-state index in [-0.39, 0.29) is 18.1 Å². The van der Waals surface area contributed by atoms with Gasteiger partial charge in [-0.05, 0) is 18.6 Å². The molecule has 1 amide bonds. The summed E-state index contributed by atoms with van der Waals surface area (Å²) in [5.74, 6) is 0.108. The van der Waals surface area contributed by atoms with E-state index in [0.717, 1.165) is 5.56 Å². The molecule has 5 nitrogen and oxygen atoms in total. The molecule has 2 heterocycles. The van der Waals surface area contributed by atoms with Gasteiger partial charge in [-0.2, -0.15) is 0 Å². The smallest absolute Gasteiger partial charge is 0.227 e. The van der Waals surface area contributed by atoms with Gasteiger partial charge in [0.1, 0.15) is 0 Å². The number of ether oxygens (including phenoxy) is 1. The quantitative estimate of drug-likeness (QED) is 0.831. The molecular formula is C13H19N3O2. The molecule has 0 saturated carbocycles. The van der Waals surface area contributed by atoms with E-state index in [1.165, 1.54) is 0 Å². The summed E-state index contributed by atoms with van der Waals surface area (Å²) in [5, 5.41) is 0. The Hall–Kier alpha value is -1.46. The van der Waals surface area contributed by atoms with Gasteiger partial charge in [0.05, 0.1) is 19.1 Å². The summed E-state index contributed by atoms with van der Waals surface area (Å²) in [7, 11) is 0. The first-order valence-corrected chi connectivity index (χ1v) is 6.20. The number of morpholine rings is 1. The topological polar surface area (TPSA) is 68.5 Å². The molecule has 1 aliphatic heterocycles. The summed E-state index contributed by atoms with van der Waals surface area (Å²) in [6.07, 6.45) is 3.76. The molecule has 2 atom stereocenters. The van der Waals surface area contributed by atoms with E-state index < -0.39 is 0 Å². The zero-order valence-electron chi connectivity index (χ0n) is 10.6. The fourth-order valence-corrected chi connectivity index (χ4v) is 2.01. The monoisotopic (exact) mass is 249 g/mol. The van der Waals surface area contributed by atoms with Gasteiger partial charge in [-0.3, -0.25) is 9.78 Å². The van der Waals surface area contributed by atoms with E-state index >= 15 is 0 Å². The predicted molar refractivity (Wildman–Crippen MR) is 67.9 cm³/mol. The van der Waals surface area contributed by atoms with Crippen molar-refractivity contribution in [3.63, 3.8) is 0 Å². The van der Waals surface area contributed by atoms with E-state index in [0.29, 0.717) is 26.1 Å². The normalized spacial score (nSPS) is 21.7. The molecule has 1 aromatic heterocycles. The number of nitrogens with two attached hydrogens (primary N) is 1. The standard InChI is InChI=1S/C13H19N3O2/c1-10(14)12-9-16(5-6-18-12)13(17)7-11-3-2-4-15-8-11/h2-4,8,10,12H,5-7,9,14H2,1H3. The molecule has 0 spiro atoms. The Bertz CT molecular complexity index is 394. The van der Waals surface area contributed by atoms with E-state index in [2.05, 4.69) is 4.98 Å². The summed E-state index contributed by atoms with van der Waals surface area (Å²) in [6.45, 7) is 3.68. The van der Waals surface area contributed by atoms with Crippen molar-refractivity contribution in [2.75, 3.05) is 19.7 Å². The van der Waals surface area contributed by atoms with Crippen molar-refractivity contribution in [1.29, 1.82) is 0 Å². The minimum absolute atomic E-state index is 0.0565. The number of aromatic nitrogens is 1. The lowest BCUT2D eigenvalue weighted by Crippen LogP contribution is -2.51. The van der Waals surface area contributed by atoms with Gasteiger partial charge in [0.25, 0.3) is 0 Å². The van der Waals surface area contributed by atoms with Crippen molar-refractivity contribution in [3.8, 4) is 0 Å². The average Bonchev–Trinajstić information content (AvgIpc) is 2.40. The number of amides is 1. The number of carbonyl (C=O) groups is 1. The second-order valence-corrected chi connectivity index (χ2v) is 4.65. The lowest BCUT2D eigenvalue weighted by Gasteiger charge is -2.34. The van der Waals surface area contributed by atoms with Gasteiger partial charge in [-0.15, -0.1) is 0 Å². The predicted octanol–water partition coefficient (Wildman–Crippen LogP) is 0.199. The second kappa shape index (κ2) is 5.93. The van der Waals surface area contributed by atoms with Crippen LogP contribution in [0.25, 0.3) is 0 Å². The fourth-order valence-electron chi connectivity index (χ4n) is 2.01. The zero-order valence-corrected chi connectivity index (χ0v) is 10.6. The first-order chi connectivity index (χ1) is 8.66. The van der Waals surface area contributed by atoms with Crippen molar-refractivity contribution in [3.05, 3.63) is 30.1 Å². The Morgan fingerprint density at radius 1 is 1.72 bits per heavy atom. The Morgan fingerprint density at radius 3 is 3.22 bits per heavy atom. The molecule has 5 heteroatoms. The lowest BCUT2D eigenvalue weighted by molar-refractivity contribution is -0.138. The molecule has 1 aromatic rings. The molecular weight excluding hydrogens is 230 g/mol. The van der Waals surface area contributed by atoms with Crippen molar-refractivity contribution >= 4 is 5.91 Å². The van der Waals surface area contributed by atoms with E-state index in [4.69, 9.17) is 10.5 Å². The summed E-state index contributed by atoms with van der Waals surface area (Å²) < 4.78 is 5.54. The summed E-state index contributed by atoms with van der Waals surface area (Å²) in [5.41, 5.74) is 6.75. The minimum atomic E-state index is -0.0587. The number of nitrogens with zero attached hydrogens (tertiary/aromatic N) is 2. The molecule has 1 aliphatic rings. The van der Waals surface area contributed by atoms with Gasteiger partial charge >= 0.3 is 0 Å². The Labute approximate surface area is 107 Å². The molecule has 18 heavy (non-hydrogen) atoms. The highest BCUT2D eigenvalue weighted by Crippen LogP contribution is 2.10. The number of carbonyl (C=O) groups excluding carboxylic acids is 1. The maximum absolute atomic E-state index is 12.1. The van der Waals surface area contributed by atoms with Gasteiger partial charge in [-0.1, -0.05) is 6.07 Å². The van der Waals surface area contributed by atoms with Crippen LogP contribution >= 0.6 is 0 Å². The fraction of sp³-hybridized carbons (Fsp3) is 0.538. The molecule has 98 valence electrons. The van der Waals surface area contributed by atoms with Crippen LogP contribution in [0.2, 0.25) is 0 Å². The third-order valence-corrected chi connectivity index (χ3v) is 3.11. The molecule has 1 fully saturated rings. The molecule has 0 bridgehead atoms. The van der Waals surface area contributed by atoms with Crippen LogP contribution in [0.15, 0.2) is 24.5 Å². The van der Waals surface area contributed by atoms with Gasteiger partial charge in [0.15, 0.2) is 0 Å². The minimum Gasteiger partial charge on any atom is -0.373 e. The molecule has 2 rings (SSSR count). The van der Waals surface area contributed by atoms with E-state index in [1.54, 1.807) is 12.4 Å². The van der Waals surface area contributed by atoms with Crippen LogP contribution in [0, 0.1) is 0 Å². The highest BCUT2D eigenvalue weighted by atomic mass is 16.5. The maximum Gasteiger partial charge on any atom is 0.227 e. The number of pyridine rings is 1. The Morgan fingerprint density at radius 2 is 2.56 bits per heavy atom. The Kier molecular flexibility index (Phi) is 4.28. The van der Waals surface area contributed by atoms with Gasteiger partial charge in [0, 0.05) is 31.5 Å². The summed E-state index contributed by atoms with van der Waals surface area (Å²) >= 11 is 0. The zero-order chi connectivity index (χ0) is 13.0. The SMILES string of the molecule is CC(N)C1CN(C(=O)Cc2cccnc2)CCO1. The van der Waals surface area contributed by atoms with Crippen molar-refractivity contribution in [2.45, 2.75) is 25.5 Å². The molecule has 0 radical (unpaired) electrons. The first kappa shape index (κ1) is 13.0. The Balaban J connectivity index is 1.93. The largest absolute Gasteiger partial charge is 0.373 e. The van der Waals surface area contributed by atoms with Crippen molar-refractivity contribution in [1.82, 2.24) is 9.88 Å². The van der Waals surface area contributed by atoms with Crippen LogP contribution < -0.4 is 5.73 Å². The van der Waals surface area contributed by atoms with Crippen LogP contribution in [-0.4, -0.2) is 47.6 Å². The summed E-state index contributed by atoms with van der Waals surface area (Å²) in [4.78, 5) is 18.0. The average molecular weight is 249 g/mol.